The van der Waals surface area contributed by atoms with Crippen molar-refractivity contribution >= 4 is 42.8 Å². The van der Waals surface area contributed by atoms with Gasteiger partial charge < -0.3 is 10.1 Å². The third kappa shape index (κ3) is 2.43. The number of aromatic nitrogens is 2. The van der Waals surface area contributed by atoms with Gasteiger partial charge in [-0.15, -0.1) is 0 Å². The van der Waals surface area contributed by atoms with Crippen LogP contribution in [-0.4, -0.2) is 15.1 Å². The highest BCUT2D eigenvalue weighted by molar-refractivity contribution is 9.11. The number of nitrogens with one attached hydrogen (secondary N) is 1. The van der Waals surface area contributed by atoms with E-state index in [9.17, 15) is 9.90 Å². The first-order valence-corrected chi connectivity index (χ1v) is 6.49. The molecular weight excluding hydrogens is 352 g/mol. The van der Waals surface area contributed by atoms with Crippen molar-refractivity contribution in [2.24, 2.45) is 0 Å². The molecule has 0 bridgehead atoms. The van der Waals surface area contributed by atoms with Crippen molar-refractivity contribution in [1.82, 2.24) is 9.97 Å². The van der Waals surface area contributed by atoms with E-state index in [-0.39, 0.29) is 11.4 Å². The minimum absolute atomic E-state index is 0.248. The Kier molecular flexibility index (Phi) is 3.14. The summed E-state index contributed by atoms with van der Waals surface area (Å²) in [5.74, 6) is 0.248. The maximum absolute atomic E-state index is 11.9. The number of hydrogen-bond donors (Lipinski definition) is 2. The Morgan fingerprint density at radius 3 is 2.59 bits per heavy atom. The first-order chi connectivity index (χ1) is 7.79. The van der Waals surface area contributed by atoms with Crippen LogP contribution in [0.5, 0.6) is 0 Å². The Bertz CT molecular complexity index is 644. The van der Waals surface area contributed by atoms with E-state index < -0.39 is 5.60 Å². The maximum Gasteiger partial charge on any atom is 0.258 e. The molecule has 0 aliphatic heterocycles. The molecule has 90 valence electrons. The van der Waals surface area contributed by atoms with Crippen molar-refractivity contribution in [2.45, 2.75) is 19.4 Å². The molecule has 0 spiro atoms. The van der Waals surface area contributed by atoms with Crippen LogP contribution in [-0.2, 0) is 5.60 Å². The summed E-state index contributed by atoms with van der Waals surface area (Å²) in [5.41, 5.74) is -0.914. The van der Waals surface area contributed by atoms with Crippen LogP contribution < -0.4 is 5.56 Å². The lowest BCUT2D eigenvalue weighted by molar-refractivity contribution is 0.0688. The monoisotopic (exact) mass is 360 g/mol. The number of fused-ring (bicyclic) bond motifs is 1. The number of H-pyrrole nitrogens is 1. The Labute approximate surface area is 114 Å². The van der Waals surface area contributed by atoms with Gasteiger partial charge >= 0.3 is 0 Å². The van der Waals surface area contributed by atoms with Crippen LogP contribution in [0.2, 0.25) is 0 Å². The smallest absolute Gasteiger partial charge is 0.258 e. The van der Waals surface area contributed by atoms with E-state index in [4.69, 9.17) is 0 Å². The Morgan fingerprint density at radius 1 is 1.35 bits per heavy atom. The van der Waals surface area contributed by atoms with Crippen LogP contribution in [0.4, 0.5) is 0 Å². The second kappa shape index (κ2) is 4.19. The van der Waals surface area contributed by atoms with Crippen molar-refractivity contribution in [3.05, 3.63) is 37.3 Å². The second-order valence-electron chi connectivity index (χ2n) is 4.26. The quantitative estimate of drug-likeness (QED) is 0.820. The number of nitrogens with zero attached hydrogens (tertiary/aromatic N) is 1. The van der Waals surface area contributed by atoms with Crippen molar-refractivity contribution in [3.63, 3.8) is 0 Å². The van der Waals surface area contributed by atoms with Gasteiger partial charge in [0.05, 0.1) is 10.9 Å². The van der Waals surface area contributed by atoms with Crippen LogP contribution in [0.1, 0.15) is 19.7 Å². The third-order valence-corrected chi connectivity index (χ3v) is 3.37. The predicted octanol–water partition coefficient (Wildman–Crippen LogP) is 2.68. The first-order valence-electron chi connectivity index (χ1n) is 4.91. The summed E-state index contributed by atoms with van der Waals surface area (Å²) in [7, 11) is 0. The van der Waals surface area contributed by atoms with Gasteiger partial charge in [-0.25, -0.2) is 4.98 Å². The van der Waals surface area contributed by atoms with E-state index in [0.717, 1.165) is 4.47 Å². The average Bonchev–Trinajstić information content (AvgIpc) is 2.17. The molecule has 0 saturated carbocycles. The molecule has 0 fully saturated rings. The van der Waals surface area contributed by atoms with E-state index >= 15 is 0 Å². The Hall–Kier alpha value is -0.720. The van der Waals surface area contributed by atoms with Crippen LogP contribution in [0, 0.1) is 0 Å². The molecule has 0 radical (unpaired) electrons. The highest BCUT2D eigenvalue weighted by Gasteiger charge is 2.20. The fourth-order valence-electron chi connectivity index (χ4n) is 1.46. The highest BCUT2D eigenvalue weighted by atomic mass is 79.9. The van der Waals surface area contributed by atoms with Crippen molar-refractivity contribution in [1.29, 1.82) is 0 Å². The Balaban J connectivity index is 2.88. The molecule has 2 rings (SSSR count). The first kappa shape index (κ1) is 12.7. The van der Waals surface area contributed by atoms with Crippen LogP contribution in [0.15, 0.2) is 25.9 Å². The fourth-order valence-corrected chi connectivity index (χ4v) is 2.77. The molecule has 6 heteroatoms. The standard InChI is InChI=1S/C11H10Br2N2O2/c1-11(2,17)10-14-8-6(9(16)15-10)3-5(12)4-7(8)13/h3-4,17H,1-2H3,(H,14,15,16). The lowest BCUT2D eigenvalue weighted by atomic mass is 10.1. The molecule has 1 aromatic carbocycles. The molecule has 4 nitrogen and oxygen atoms in total. The van der Waals surface area contributed by atoms with Gasteiger partial charge in [-0.2, -0.15) is 0 Å². The predicted molar refractivity (Wildman–Crippen MR) is 73.0 cm³/mol. The van der Waals surface area contributed by atoms with Gasteiger partial charge in [-0.3, -0.25) is 4.79 Å². The lowest BCUT2D eigenvalue weighted by Crippen LogP contribution is -2.24. The molecule has 2 aromatic rings. The van der Waals surface area contributed by atoms with Gasteiger partial charge in [0.1, 0.15) is 11.4 Å². The molecule has 1 aromatic heterocycles. The highest BCUT2D eigenvalue weighted by Crippen LogP contribution is 2.26. The topological polar surface area (TPSA) is 66.0 Å². The van der Waals surface area contributed by atoms with Gasteiger partial charge in [0, 0.05) is 8.95 Å². The SMILES string of the molecule is CC(C)(O)c1nc2c(Br)cc(Br)cc2c(=O)[nH]1. The van der Waals surface area contributed by atoms with Crippen molar-refractivity contribution < 1.29 is 5.11 Å². The summed E-state index contributed by atoms with van der Waals surface area (Å²) in [4.78, 5) is 18.8. The van der Waals surface area contributed by atoms with Crippen molar-refractivity contribution in [3.8, 4) is 0 Å². The molecule has 17 heavy (non-hydrogen) atoms. The van der Waals surface area contributed by atoms with E-state index in [1.165, 1.54) is 0 Å². The molecule has 0 saturated heterocycles. The molecule has 0 atom stereocenters. The van der Waals surface area contributed by atoms with Gasteiger partial charge in [0.25, 0.3) is 5.56 Å². The zero-order chi connectivity index (χ0) is 12.8. The molecule has 0 amide bonds. The number of aromatic amines is 1. The molecule has 2 N–H and O–H groups in total. The molecule has 0 aliphatic rings. The second-order valence-corrected chi connectivity index (χ2v) is 6.03. The lowest BCUT2D eigenvalue weighted by Gasteiger charge is -2.16. The summed E-state index contributed by atoms with van der Waals surface area (Å²) in [6.45, 7) is 3.15. The Morgan fingerprint density at radius 2 is 2.00 bits per heavy atom. The number of hydrogen-bond acceptors (Lipinski definition) is 3. The number of rotatable bonds is 1. The minimum atomic E-state index is -1.18. The molecule has 0 unspecified atom stereocenters. The summed E-state index contributed by atoms with van der Waals surface area (Å²) < 4.78 is 1.50. The largest absolute Gasteiger partial charge is 0.383 e. The van der Waals surface area contributed by atoms with E-state index in [1.54, 1.807) is 19.9 Å². The van der Waals surface area contributed by atoms with E-state index in [2.05, 4.69) is 41.8 Å². The third-order valence-electron chi connectivity index (χ3n) is 2.31. The summed E-state index contributed by atoms with van der Waals surface area (Å²) >= 11 is 6.67. The molecule has 1 heterocycles. The summed E-state index contributed by atoms with van der Waals surface area (Å²) in [6.07, 6.45) is 0. The van der Waals surface area contributed by atoms with Gasteiger partial charge in [0.15, 0.2) is 0 Å². The molecule has 0 aliphatic carbocycles. The van der Waals surface area contributed by atoms with Gasteiger partial charge in [-0.05, 0) is 41.9 Å². The van der Waals surface area contributed by atoms with Gasteiger partial charge in [0.2, 0.25) is 0 Å². The number of benzene rings is 1. The minimum Gasteiger partial charge on any atom is -0.383 e. The number of aliphatic hydroxyl groups is 1. The zero-order valence-electron chi connectivity index (χ0n) is 9.21. The van der Waals surface area contributed by atoms with Crippen LogP contribution >= 0.6 is 31.9 Å². The zero-order valence-corrected chi connectivity index (χ0v) is 12.4. The maximum atomic E-state index is 11.9. The van der Waals surface area contributed by atoms with E-state index in [0.29, 0.717) is 15.4 Å². The fraction of sp³-hybridized carbons (Fsp3) is 0.273. The summed E-state index contributed by atoms with van der Waals surface area (Å²) in [6, 6.07) is 3.50. The average molecular weight is 362 g/mol. The van der Waals surface area contributed by atoms with Crippen LogP contribution in [0.25, 0.3) is 10.9 Å². The number of halogens is 2. The van der Waals surface area contributed by atoms with Gasteiger partial charge in [-0.1, -0.05) is 15.9 Å². The molecular formula is C11H10Br2N2O2. The normalized spacial score (nSPS) is 12.1. The summed E-state index contributed by atoms with van der Waals surface area (Å²) in [5, 5.41) is 10.3. The van der Waals surface area contributed by atoms with Crippen LogP contribution in [0.3, 0.4) is 0 Å². The van der Waals surface area contributed by atoms with E-state index in [1.807, 2.05) is 6.07 Å². The van der Waals surface area contributed by atoms with Crippen molar-refractivity contribution in [2.75, 3.05) is 0 Å².